The summed E-state index contributed by atoms with van der Waals surface area (Å²) in [6.07, 6.45) is 5.89. The molecule has 2 aliphatic rings. The molecule has 0 aliphatic carbocycles. The van der Waals surface area contributed by atoms with Crippen molar-refractivity contribution in [2.75, 3.05) is 41.7 Å². The highest BCUT2D eigenvalue weighted by atomic mass is 32.2. The van der Waals surface area contributed by atoms with Crippen LogP contribution >= 0.6 is 0 Å². The van der Waals surface area contributed by atoms with Crippen molar-refractivity contribution in [3.05, 3.63) is 47.5 Å². The molecule has 0 unspecified atom stereocenters. The van der Waals surface area contributed by atoms with Gasteiger partial charge in [-0.1, -0.05) is 12.5 Å². The van der Waals surface area contributed by atoms with Gasteiger partial charge in [0.05, 0.1) is 17.1 Å². The summed E-state index contributed by atoms with van der Waals surface area (Å²) in [5.41, 5.74) is 2.80. The van der Waals surface area contributed by atoms with Crippen molar-refractivity contribution in [2.45, 2.75) is 57.3 Å². The van der Waals surface area contributed by atoms with E-state index in [0.717, 1.165) is 57.2 Å². The van der Waals surface area contributed by atoms with E-state index < -0.39 is 15.9 Å². The van der Waals surface area contributed by atoms with Gasteiger partial charge in [-0.05, 0) is 74.9 Å². The van der Waals surface area contributed by atoms with Crippen molar-refractivity contribution in [1.82, 2.24) is 4.31 Å². The molecule has 2 fully saturated rings. The van der Waals surface area contributed by atoms with Gasteiger partial charge in [-0.15, -0.1) is 0 Å². The van der Waals surface area contributed by atoms with Gasteiger partial charge in [0, 0.05) is 38.7 Å². The van der Waals surface area contributed by atoms with Gasteiger partial charge in [0.1, 0.15) is 4.90 Å². The maximum Gasteiger partial charge on any atom is 0.255 e. The first-order valence-electron chi connectivity index (χ1n) is 12.3. The normalized spacial score (nSPS) is 17.1. The predicted octanol–water partition coefficient (Wildman–Crippen LogP) is 4.37. The second kappa shape index (κ2) is 10.8. The zero-order chi connectivity index (χ0) is 25.0. The summed E-state index contributed by atoms with van der Waals surface area (Å²) in [7, 11) is -3.75. The Balaban J connectivity index is 1.70. The fourth-order valence-corrected chi connectivity index (χ4v) is 6.51. The van der Waals surface area contributed by atoms with Crippen molar-refractivity contribution >= 4 is 38.9 Å². The molecule has 2 saturated heterocycles. The summed E-state index contributed by atoms with van der Waals surface area (Å²) in [4.78, 5) is 27.2. The number of carbonyl (C=O) groups excluding carboxylic acids is 2. The molecule has 2 N–H and O–H groups in total. The van der Waals surface area contributed by atoms with Crippen LogP contribution in [0.15, 0.2) is 41.3 Å². The van der Waals surface area contributed by atoms with E-state index in [1.54, 1.807) is 28.6 Å². The average molecular weight is 499 g/mol. The Morgan fingerprint density at radius 1 is 0.800 bits per heavy atom. The van der Waals surface area contributed by atoms with Gasteiger partial charge in [0.2, 0.25) is 15.9 Å². The molecule has 35 heavy (non-hydrogen) atoms. The molecule has 2 aliphatic heterocycles. The summed E-state index contributed by atoms with van der Waals surface area (Å²) in [5, 5.41) is 5.58. The van der Waals surface area contributed by atoms with E-state index >= 15 is 0 Å². The van der Waals surface area contributed by atoms with Gasteiger partial charge in [-0.3, -0.25) is 9.59 Å². The zero-order valence-electron chi connectivity index (χ0n) is 20.5. The van der Waals surface area contributed by atoms with E-state index in [1.807, 2.05) is 13.0 Å². The molecule has 0 atom stereocenters. The monoisotopic (exact) mass is 498 g/mol. The molecule has 0 saturated carbocycles. The Bertz CT molecular complexity index is 1200. The third-order valence-corrected chi connectivity index (χ3v) is 8.51. The Labute approximate surface area is 207 Å². The van der Waals surface area contributed by atoms with Crippen molar-refractivity contribution in [3.63, 3.8) is 0 Å². The van der Waals surface area contributed by atoms with Gasteiger partial charge in [-0.25, -0.2) is 8.42 Å². The molecule has 2 aromatic carbocycles. The van der Waals surface area contributed by atoms with E-state index in [0.29, 0.717) is 30.2 Å². The molecule has 2 aromatic rings. The van der Waals surface area contributed by atoms with E-state index in [2.05, 4.69) is 15.5 Å². The molecule has 0 radical (unpaired) electrons. The van der Waals surface area contributed by atoms with Gasteiger partial charge in [0.15, 0.2) is 0 Å². The standard InChI is InChI=1S/C26H34N4O4S/c1-19-9-11-22(27-20(2)31)23(17-19)28-26(32)21-10-12-24(29-13-5-3-6-14-29)25(18-21)35(33,34)30-15-7-4-8-16-30/h9-12,17-18H,3-8,13-16H2,1-2H3,(H,27,31)(H,28,32). The molecular weight excluding hydrogens is 464 g/mol. The molecule has 8 nitrogen and oxygen atoms in total. The number of carbonyl (C=O) groups is 2. The highest BCUT2D eigenvalue weighted by Gasteiger charge is 2.31. The maximum atomic E-state index is 13.7. The van der Waals surface area contributed by atoms with Gasteiger partial charge in [0.25, 0.3) is 5.91 Å². The van der Waals surface area contributed by atoms with Gasteiger partial charge < -0.3 is 15.5 Å². The SMILES string of the molecule is CC(=O)Nc1ccc(C)cc1NC(=O)c1ccc(N2CCCCC2)c(S(=O)(=O)N2CCCCC2)c1. The first-order valence-corrected chi connectivity index (χ1v) is 13.8. The number of aryl methyl sites for hydroxylation is 1. The number of benzene rings is 2. The first-order chi connectivity index (χ1) is 16.8. The van der Waals surface area contributed by atoms with E-state index in [-0.39, 0.29) is 16.4 Å². The van der Waals surface area contributed by atoms with Crippen molar-refractivity contribution in [3.8, 4) is 0 Å². The summed E-state index contributed by atoms with van der Waals surface area (Å²) >= 11 is 0. The molecule has 0 bridgehead atoms. The van der Waals surface area contributed by atoms with Crippen LogP contribution < -0.4 is 15.5 Å². The van der Waals surface area contributed by atoms with Crippen LogP contribution in [0.2, 0.25) is 0 Å². The Morgan fingerprint density at radius 3 is 2.11 bits per heavy atom. The number of sulfonamides is 1. The van der Waals surface area contributed by atoms with E-state index in [1.165, 1.54) is 13.0 Å². The number of nitrogens with zero attached hydrogens (tertiary/aromatic N) is 2. The molecule has 2 amide bonds. The maximum absolute atomic E-state index is 13.7. The molecule has 0 spiro atoms. The van der Waals surface area contributed by atoms with Crippen molar-refractivity contribution < 1.29 is 18.0 Å². The van der Waals surface area contributed by atoms with Crippen LogP contribution in [-0.4, -0.2) is 50.7 Å². The lowest BCUT2D eigenvalue weighted by atomic mass is 10.1. The minimum absolute atomic E-state index is 0.195. The van der Waals surface area contributed by atoms with Gasteiger partial charge in [-0.2, -0.15) is 4.31 Å². The number of hydrogen-bond donors (Lipinski definition) is 2. The summed E-state index contributed by atoms with van der Waals surface area (Å²) in [5.74, 6) is -0.673. The highest BCUT2D eigenvalue weighted by molar-refractivity contribution is 7.89. The smallest absolute Gasteiger partial charge is 0.255 e. The number of amides is 2. The fraction of sp³-hybridized carbons (Fsp3) is 0.462. The number of anilines is 3. The molecule has 9 heteroatoms. The second-order valence-corrected chi connectivity index (χ2v) is 11.3. The Hall–Kier alpha value is -2.91. The zero-order valence-corrected chi connectivity index (χ0v) is 21.3. The molecular formula is C26H34N4O4S. The van der Waals surface area contributed by atoms with Crippen molar-refractivity contribution in [2.24, 2.45) is 0 Å². The molecule has 188 valence electrons. The number of hydrogen-bond acceptors (Lipinski definition) is 5. The highest BCUT2D eigenvalue weighted by Crippen LogP contribution is 2.33. The van der Waals surface area contributed by atoms with Crippen molar-refractivity contribution in [1.29, 1.82) is 0 Å². The lowest BCUT2D eigenvalue weighted by Crippen LogP contribution is -2.37. The molecule has 2 heterocycles. The van der Waals surface area contributed by atoms with Crippen LogP contribution in [-0.2, 0) is 14.8 Å². The number of nitrogens with one attached hydrogen (secondary N) is 2. The van der Waals surface area contributed by atoms with Crippen LogP contribution in [0.3, 0.4) is 0 Å². The van der Waals surface area contributed by atoms with Gasteiger partial charge >= 0.3 is 0 Å². The fourth-order valence-electron chi connectivity index (χ4n) is 4.76. The lowest BCUT2D eigenvalue weighted by Gasteiger charge is -2.33. The second-order valence-electron chi connectivity index (χ2n) is 9.38. The third kappa shape index (κ3) is 5.85. The minimum atomic E-state index is -3.75. The van der Waals surface area contributed by atoms with Crippen LogP contribution in [0.5, 0.6) is 0 Å². The van der Waals surface area contributed by atoms with E-state index in [9.17, 15) is 18.0 Å². The number of rotatable bonds is 6. The van der Waals surface area contributed by atoms with Crippen LogP contribution in [0.4, 0.5) is 17.1 Å². The van der Waals surface area contributed by atoms with Crippen LogP contribution in [0, 0.1) is 6.92 Å². The number of piperidine rings is 2. The quantitative estimate of drug-likeness (QED) is 0.616. The average Bonchev–Trinajstić information content (AvgIpc) is 2.86. The third-order valence-electron chi connectivity index (χ3n) is 6.59. The van der Waals surface area contributed by atoms with Crippen LogP contribution in [0.25, 0.3) is 0 Å². The Morgan fingerprint density at radius 2 is 1.46 bits per heavy atom. The van der Waals surface area contributed by atoms with E-state index in [4.69, 9.17) is 0 Å². The Kier molecular flexibility index (Phi) is 7.76. The minimum Gasteiger partial charge on any atom is -0.370 e. The summed E-state index contributed by atoms with van der Waals surface area (Å²) in [6.45, 7) is 5.91. The predicted molar refractivity (Wildman–Crippen MR) is 139 cm³/mol. The summed E-state index contributed by atoms with van der Waals surface area (Å²) < 4.78 is 29.0. The topological polar surface area (TPSA) is 98.8 Å². The largest absolute Gasteiger partial charge is 0.370 e. The lowest BCUT2D eigenvalue weighted by molar-refractivity contribution is -0.114. The van der Waals surface area contributed by atoms with Crippen LogP contribution in [0.1, 0.15) is 61.4 Å². The molecule has 0 aromatic heterocycles. The molecule has 4 rings (SSSR count). The summed E-state index contributed by atoms with van der Waals surface area (Å²) in [6, 6.07) is 10.3. The first kappa shape index (κ1) is 25.2.